The summed E-state index contributed by atoms with van der Waals surface area (Å²) in [6, 6.07) is 2.61. The zero-order valence-corrected chi connectivity index (χ0v) is 12.4. The van der Waals surface area contributed by atoms with Crippen LogP contribution in [0.25, 0.3) is 0 Å². The van der Waals surface area contributed by atoms with Gasteiger partial charge in [0.05, 0.1) is 0 Å². The summed E-state index contributed by atoms with van der Waals surface area (Å²) in [7, 11) is 0. The number of hydrogen-bond donors (Lipinski definition) is 1. The molecule has 0 spiro atoms. The van der Waals surface area contributed by atoms with Gasteiger partial charge in [-0.3, -0.25) is 0 Å². The van der Waals surface area contributed by atoms with Crippen LogP contribution in [0.15, 0.2) is 12.3 Å². The quantitative estimate of drug-likeness (QED) is 0.884. The van der Waals surface area contributed by atoms with E-state index >= 15 is 0 Å². The Kier molecular flexibility index (Phi) is 5.14. The minimum Gasteiger partial charge on any atom is -0.352 e. The number of aryl methyl sites for hydroxylation is 1. The van der Waals surface area contributed by atoms with E-state index in [0.29, 0.717) is 12.0 Å². The molecule has 0 amide bonds. The van der Waals surface area contributed by atoms with E-state index in [1.54, 1.807) is 0 Å². The van der Waals surface area contributed by atoms with Crippen molar-refractivity contribution in [3.8, 4) is 0 Å². The molecule has 1 aromatic rings. The van der Waals surface area contributed by atoms with Gasteiger partial charge >= 0.3 is 0 Å². The molecule has 1 saturated heterocycles. The van der Waals surface area contributed by atoms with Gasteiger partial charge in [-0.05, 0) is 44.7 Å². The number of rotatable bonds is 5. The summed E-state index contributed by atoms with van der Waals surface area (Å²) in [5.41, 5.74) is 0. The fourth-order valence-electron chi connectivity index (χ4n) is 2.66. The van der Waals surface area contributed by atoms with E-state index in [4.69, 9.17) is 0 Å². The van der Waals surface area contributed by atoms with Crippen LogP contribution in [0.4, 0.5) is 5.82 Å². The van der Waals surface area contributed by atoms with Crippen LogP contribution in [0.3, 0.4) is 0 Å². The van der Waals surface area contributed by atoms with Crippen LogP contribution in [0.2, 0.25) is 0 Å². The monoisotopic (exact) mass is 262 g/mol. The largest absolute Gasteiger partial charge is 0.352 e. The molecule has 1 fully saturated rings. The Morgan fingerprint density at radius 3 is 3.00 bits per heavy atom. The first kappa shape index (κ1) is 14.3. The van der Waals surface area contributed by atoms with Crippen molar-refractivity contribution in [3.63, 3.8) is 0 Å². The maximum atomic E-state index is 4.58. The lowest BCUT2D eigenvalue weighted by Crippen LogP contribution is -2.46. The molecule has 0 aliphatic carbocycles. The summed E-state index contributed by atoms with van der Waals surface area (Å²) in [6.45, 7) is 9.72. The highest BCUT2D eigenvalue weighted by Gasteiger charge is 2.23. The molecule has 2 heterocycles. The molecule has 1 aliphatic rings. The van der Waals surface area contributed by atoms with Crippen LogP contribution in [0, 0.1) is 12.8 Å². The van der Waals surface area contributed by atoms with Gasteiger partial charge in [0.25, 0.3) is 0 Å². The Bertz CT molecular complexity index is 391. The lowest BCUT2D eigenvalue weighted by atomic mass is 10.0. The molecule has 1 aromatic heterocycles. The van der Waals surface area contributed by atoms with Crippen molar-refractivity contribution in [1.29, 1.82) is 0 Å². The Hall–Kier alpha value is -1.16. The Balaban J connectivity index is 1.99. The van der Waals surface area contributed by atoms with Crippen LogP contribution in [-0.2, 0) is 0 Å². The summed E-state index contributed by atoms with van der Waals surface area (Å²) in [4.78, 5) is 11.2. The van der Waals surface area contributed by atoms with Crippen LogP contribution in [0.5, 0.6) is 0 Å². The molecule has 1 N–H and O–H groups in total. The van der Waals surface area contributed by atoms with Gasteiger partial charge in [0.2, 0.25) is 0 Å². The highest BCUT2D eigenvalue weighted by molar-refractivity contribution is 5.39. The summed E-state index contributed by atoms with van der Waals surface area (Å²) >= 11 is 0. The fourth-order valence-corrected chi connectivity index (χ4v) is 2.66. The summed E-state index contributed by atoms with van der Waals surface area (Å²) in [6.07, 6.45) is 5.72. The second kappa shape index (κ2) is 6.85. The van der Waals surface area contributed by atoms with Gasteiger partial charge in [-0.2, -0.15) is 0 Å². The summed E-state index contributed by atoms with van der Waals surface area (Å²) in [5, 5.41) is 3.58. The van der Waals surface area contributed by atoms with Gasteiger partial charge in [0, 0.05) is 25.3 Å². The predicted molar refractivity (Wildman–Crippen MR) is 79.5 cm³/mol. The van der Waals surface area contributed by atoms with E-state index in [-0.39, 0.29) is 0 Å². The first-order chi connectivity index (χ1) is 9.16. The van der Waals surface area contributed by atoms with Gasteiger partial charge in [-0.1, -0.05) is 13.8 Å². The van der Waals surface area contributed by atoms with Crippen molar-refractivity contribution >= 4 is 5.82 Å². The maximum Gasteiger partial charge on any atom is 0.132 e. The molecule has 0 bridgehead atoms. The lowest BCUT2D eigenvalue weighted by molar-refractivity contribution is 0.420. The van der Waals surface area contributed by atoms with Crippen LogP contribution in [-0.4, -0.2) is 35.6 Å². The van der Waals surface area contributed by atoms with Gasteiger partial charge in [0.15, 0.2) is 0 Å². The molecule has 0 aromatic carbocycles. The van der Waals surface area contributed by atoms with Crippen molar-refractivity contribution in [3.05, 3.63) is 18.1 Å². The predicted octanol–water partition coefficient (Wildman–Crippen LogP) is 2.39. The number of anilines is 1. The van der Waals surface area contributed by atoms with E-state index in [1.807, 2.05) is 19.2 Å². The zero-order valence-electron chi connectivity index (χ0n) is 12.4. The topological polar surface area (TPSA) is 41.1 Å². The highest BCUT2D eigenvalue weighted by Crippen LogP contribution is 2.22. The molecule has 19 heavy (non-hydrogen) atoms. The second-order valence-electron chi connectivity index (χ2n) is 5.86. The molecule has 0 radical (unpaired) electrons. The average Bonchev–Trinajstić information content (AvgIpc) is 2.39. The third-order valence-corrected chi connectivity index (χ3v) is 3.62. The SMILES string of the molecule is Cc1nccc(N2CCCCC2CNCC(C)C)n1. The number of hydrogen-bond acceptors (Lipinski definition) is 4. The van der Waals surface area contributed by atoms with E-state index in [1.165, 1.54) is 19.3 Å². The standard InChI is InChI=1S/C15H26N4/c1-12(2)10-16-11-14-6-4-5-9-19(14)15-7-8-17-13(3)18-15/h7-8,12,14,16H,4-6,9-11H2,1-3H3. The van der Waals surface area contributed by atoms with E-state index in [0.717, 1.165) is 31.3 Å². The smallest absolute Gasteiger partial charge is 0.132 e. The third kappa shape index (κ3) is 4.16. The van der Waals surface area contributed by atoms with E-state index in [9.17, 15) is 0 Å². The Labute approximate surface area is 116 Å². The van der Waals surface area contributed by atoms with Gasteiger partial charge in [-0.15, -0.1) is 0 Å². The molecule has 4 heteroatoms. The Morgan fingerprint density at radius 2 is 2.26 bits per heavy atom. The zero-order chi connectivity index (χ0) is 13.7. The van der Waals surface area contributed by atoms with Crippen molar-refractivity contribution in [1.82, 2.24) is 15.3 Å². The van der Waals surface area contributed by atoms with Crippen LogP contribution in [0.1, 0.15) is 38.9 Å². The van der Waals surface area contributed by atoms with Gasteiger partial charge < -0.3 is 10.2 Å². The molecule has 2 rings (SSSR count). The lowest BCUT2D eigenvalue weighted by Gasteiger charge is -2.37. The Morgan fingerprint density at radius 1 is 1.42 bits per heavy atom. The van der Waals surface area contributed by atoms with Crippen molar-refractivity contribution in [2.45, 2.75) is 46.1 Å². The minimum atomic E-state index is 0.571. The summed E-state index contributed by atoms with van der Waals surface area (Å²) < 4.78 is 0. The molecule has 106 valence electrons. The molecule has 0 saturated carbocycles. The number of nitrogens with one attached hydrogen (secondary N) is 1. The maximum absolute atomic E-state index is 4.58. The first-order valence-electron chi connectivity index (χ1n) is 7.44. The normalized spacial score (nSPS) is 20.0. The molecule has 4 nitrogen and oxygen atoms in total. The van der Waals surface area contributed by atoms with Gasteiger partial charge in [0.1, 0.15) is 11.6 Å². The van der Waals surface area contributed by atoms with Crippen molar-refractivity contribution in [2.24, 2.45) is 5.92 Å². The van der Waals surface area contributed by atoms with Gasteiger partial charge in [-0.25, -0.2) is 9.97 Å². The number of nitrogens with zero attached hydrogens (tertiary/aromatic N) is 3. The third-order valence-electron chi connectivity index (χ3n) is 3.62. The van der Waals surface area contributed by atoms with Crippen LogP contribution < -0.4 is 10.2 Å². The highest BCUT2D eigenvalue weighted by atomic mass is 15.2. The van der Waals surface area contributed by atoms with E-state index in [2.05, 4.69) is 34.0 Å². The van der Waals surface area contributed by atoms with Crippen molar-refractivity contribution < 1.29 is 0 Å². The fraction of sp³-hybridized carbons (Fsp3) is 0.733. The molecular weight excluding hydrogens is 236 g/mol. The van der Waals surface area contributed by atoms with Crippen LogP contribution >= 0.6 is 0 Å². The number of aromatic nitrogens is 2. The molecule has 1 unspecified atom stereocenters. The average molecular weight is 262 g/mol. The minimum absolute atomic E-state index is 0.571. The molecule has 1 atom stereocenters. The molecule has 1 aliphatic heterocycles. The van der Waals surface area contributed by atoms with E-state index < -0.39 is 0 Å². The number of piperidine rings is 1. The second-order valence-corrected chi connectivity index (χ2v) is 5.86. The summed E-state index contributed by atoms with van der Waals surface area (Å²) in [5.74, 6) is 2.65. The van der Waals surface area contributed by atoms with Crippen molar-refractivity contribution in [2.75, 3.05) is 24.5 Å². The molecular formula is C15H26N4. The first-order valence-corrected chi connectivity index (χ1v) is 7.44.